The highest BCUT2D eigenvalue weighted by Gasteiger charge is 2.21. The first-order chi connectivity index (χ1) is 8.36. The Balaban J connectivity index is 1.86. The van der Waals surface area contributed by atoms with Crippen molar-refractivity contribution in [3.63, 3.8) is 0 Å². The standard InChI is InChI=1S/C16H29N/c1-3-5-6-7-8-9-10-11-16(4-2)17-14-15-12-13-15/h2,15-17H,3,5-14H2,1H3/t16-/m0/s1. The molecule has 0 aromatic carbocycles. The highest BCUT2D eigenvalue weighted by Crippen LogP contribution is 2.27. The van der Waals surface area contributed by atoms with Crippen LogP contribution in [0.25, 0.3) is 0 Å². The Morgan fingerprint density at radius 3 is 2.35 bits per heavy atom. The molecule has 0 amide bonds. The van der Waals surface area contributed by atoms with Gasteiger partial charge in [-0.25, -0.2) is 0 Å². The van der Waals surface area contributed by atoms with Crippen LogP contribution in [0.4, 0.5) is 0 Å². The van der Waals surface area contributed by atoms with Gasteiger partial charge in [-0.2, -0.15) is 0 Å². The Morgan fingerprint density at radius 1 is 1.12 bits per heavy atom. The molecule has 1 atom stereocenters. The summed E-state index contributed by atoms with van der Waals surface area (Å²) < 4.78 is 0. The second-order valence-electron chi connectivity index (χ2n) is 5.48. The Labute approximate surface area is 108 Å². The van der Waals surface area contributed by atoms with Gasteiger partial charge in [0.2, 0.25) is 0 Å². The monoisotopic (exact) mass is 235 g/mol. The van der Waals surface area contributed by atoms with Crippen molar-refractivity contribution in [1.82, 2.24) is 5.32 Å². The summed E-state index contributed by atoms with van der Waals surface area (Å²) in [6.07, 6.45) is 19.1. The third-order valence-electron chi connectivity index (χ3n) is 3.65. The van der Waals surface area contributed by atoms with Crippen molar-refractivity contribution in [3.8, 4) is 12.3 Å². The zero-order valence-electron chi connectivity index (χ0n) is 11.5. The van der Waals surface area contributed by atoms with E-state index in [9.17, 15) is 0 Å². The molecular formula is C16H29N. The molecule has 0 heterocycles. The van der Waals surface area contributed by atoms with E-state index in [1.54, 1.807) is 0 Å². The van der Waals surface area contributed by atoms with Crippen molar-refractivity contribution in [2.75, 3.05) is 6.54 Å². The summed E-state index contributed by atoms with van der Waals surface area (Å²) >= 11 is 0. The van der Waals surface area contributed by atoms with Gasteiger partial charge >= 0.3 is 0 Å². The molecule has 0 radical (unpaired) electrons. The van der Waals surface area contributed by atoms with Crippen molar-refractivity contribution in [1.29, 1.82) is 0 Å². The predicted octanol–water partition coefficient (Wildman–Crippen LogP) is 4.13. The zero-order chi connectivity index (χ0) is 12.3. The minimum Gasteiger partial charge on any atom is -0.303 e. The maximum absolute atomic E-state index is 5.55. The van der Waals surface area contributed by atoms with Crippen LogP contribution in [0.2, 0.25) is 0 Å². The molecule has 1 fully saturated rings. The van der Waals surface area contributed by atoms with Gasteiger partial charge in [0.25, 0.3) is 0 Å². The molecule has 0 saturated heterocycles. The number of hydrogen-bond donors (Lipinski definition) is 1. The fourth-order valence-electron chi connectivity index (χ4n) is 2.18. The molecule has 1 rings (SSSR count). The van der Waals surface area contributed by atoms with Gasteiger partial charge in [0, 0.05) is 0 Å². The normalized spacial score (nSPS) is 16.7. The van der Waals surface area contributed by atoms with Crippen LogP contribution in [0.15, 0.2) is 0 Å². The van der Waals surface area contributed by atoms with Crippen molar-refractivity contribution in [3.05, 3.63) is 0 Å². The lowest BCUT2D eigenvalue weighted by molar-refractivity contribution is 0.505. The van der Waals surface area contributed by atoms with Gasteiger partial charge in [-0.05, 0) is 31.7 Å². The molecular weight excluding hydrogens is 206 g/mol. The van der Waals surface area contributed by atoms with Crippen LogP contribution in [-0.2, 0) is 0 Å². The van der Waals surface area contributed by atoms with E-state index in [-0.39, 0.29) is 0 Å². The molecule has 1 aliphatic rings. The summed E-state index contributed by atoms with van der Waals surface area (Å²) in [6.45, 7) is 3.41. The first-order valence-electron chi connectivity index (χ1n) is 7.56. The lowest BCUT2D eigenvalue weighted by Crippen LogP contribution is -2.29. The summed E-state index contributed by atoms with van der Waals surface area (Å²) in [5.41, 5.74) is 0. The second-order valence-corrected chi connectivity index (χ2v) is 5.48. The maximum atomic E-state index is 5.55. The van der Waals surface area contributed by atoms with E-state index in [2.05, 4.69) is 18.2 Å². The summed E-state index contributed by atoms with van der Waals surface area (Å²) in [5.74, 6) is 3.82. The lowest BCUT2D eigenvalue weighted by atomic mass is 10.1. The Morgan fingerprint density at radius 2 is 1.76 bits per heavy atom. The highest BCUT2D eigenvalue weighted by molar-refractivity contribution is 4.99. The van der Waals surface area contributed by atoms with Gasteiger partial charge in [0.15, 0.2) is 0 Å². The van der Waals surface area contributed by atoms with Gasteiger partial charge < -0.3 is 5.32 Å². The van der Waals surface area contributed by atoms with Crippen molar-refractivity contribution < 1.29 is 0 Å². The van der Waals surface area contributed by atoms with Gasteiger partial charge in [0.1, 0.15) is 0 Å². The minimum absolute atomic E-state index is 0.325. The van der Waals surface area contributed by atoms with E-state index in [0.29, 0.717) is 6.04 Å². The molecule has 0 unspecified atom stereocenters. The molecule has 0 bridgehead atoms. The molecule has 98 valence electrons. The average Bonchev–Trinajstić information content (AvgIpc) is 3.16. The van der Waals surface area contributed by atoms with E-state index in [1.165, 1.54) is 57.8 Å². The van der Waals surface area contributed by atoms with Crippen molar-refractivity contribution in [2.24, 2.45) is 5.92 Å². The van der Waals surface area contributed by atoms with Crippen LogP contribution in [0.1, 0.15) is 71.1 Å². The topological polar surface area (TPSA) is 12.0 Å². The molecule has 1 nitrogen and oxygen atoms in total. The SMILES string of the molecule is C#C[C@@H](CCCCCCCCC)NCC1CC1. The van der Waals surface area contributed by atoms with Crippen LogP contribution in [-0.4, -0.2) is 12.6 Å². The highest BCUT2D eigenvalue weighted by atomic mass is 14.9. The van der Waals surface area contributed by atoms with Crippen molar-refractivity contribution >= 4 is 0 Å². The van der Waals surface area contributed by atoms with Gasteiger partial charge in [-0.15, -0.1) is 6.42 Å². The van der Waals surface area contributed by atoms with E-state index >= 15 is 0 Å². The van der Waals surface area contributed by atoms with E-state index < -0.39 is 0 Å². The van der Waals surface area contributed by atoms with Crippen molar-refractivity contribution in [2.45, 2.75) is 77.2 Å². The average molecular weight is 235 g/mol. The van der Waals surface area contributed by atoms with E-state index in [0.717, 1.165) is 18.9 Å². The fourth-order valence-corrected chi connectivity index (χ4v) is 2.18. The third kappa shape index (κ3) is 8.27. The number of unbranched alkanes of at least 4 members (excludes halogenated alkanes) is 6. The minimum atomic E-state index is 0.325. The van der Waals surface area contributed by atoms with Crippen LogP contribution >= 0.6 is 0 Å². The third-order valence-corrected chi connectivity index (χ3v) is 3.65. The van der Waals surface area contributed by atoms with Crippen LogP contribution in [0.5, 0.6) is 0 Å². The summed E-state index contributed by atoms with van der Waals surface area (Å²) in [5, 5.41) is 3.51. The number of terminal acetylenes is 1. The molecule has 17 heavy (non-hydrogen) atoms. The van der Waals surface area contributed by atoms with Crippen LogP contribution in [0.3, 0.4) is 0 Å². The smallest absolute Gasteiger partial charge is 0.0687 e. The molecule has 0 aromatic rings. The quantitative estimate of drug-likeness (QED) is 0.419. The second kappa shape index (κ2) is 9.54. The Kier molecular flexibility index (Phi) is 8.18. The van der Waals surface area contributed by atoms with E-state index in [1.807, 2.05) is 0 Å². The molecule has 1 saturated carbocycles. The zero-order valence-corrected chi connectivity index (χ0v) is 11.5. The number of nitrogens with one attached hydrogen (secondary N) is 1. The molecule has 1 aliphatic carbocycles. The van der Waals surface area contributed by atoms with Gasteiger partial charge in [-0.3, -0.25) is 0 Å². The molecule has 1 N–H and O–H groups in total. The molecule has 0 spiro atoms. The summed E-state index contributed by atoms with van der Waals surface area (Å²) in [6, 6.07) is 0.325. The van der Waals surface area contributed by atoms with E-state index in [4.69, 9.17) is 6.42 Å². The predicted molar refractivity (Wildman–Crippen MR) is 76.0 cm³/mol. The Bertz CT molecular complexity index is 212. The maximum Gasteiger partial charge on any atom is 0.0687 e. The lowest BCUT2D eigenvalue weighted by Gasteiger charge is -2.12. The first kappa shape index (κ1) is 14.6. The first-order valence-corrected chi connectivity index (χ1v) is 7.56. The van der Waals surface area contributed by atoms with Gasteiger partial charge in [0.05, 0.1) is 6.04 Å². The molecule has 0 aliphatic heterocycles. The van der Waals surface area contributed by atoms with Gasteiger partial charge in [-0.1, -0.05) is 57.8 Å². The summed E-state index contributed by atoms with van der Waals surface area (Å²) in [4.78, 5) is 0. The number of hydrogen-bond acceptors (Lipinski definition) is 1. The largest absolute Gasteiger partial charge is 0.303 e. The fraction of sp³-hybridized carbons (Fsp3) is 0.875. The van der Waals surface area contributed by atoms with Crippen LogP contribution in [0, 0.1) is 18.3 Å². The molecule has 0 aromatic heterocycles. The Hall–Kier alpha value is -0.480. The molecule has 1 heteroatoms. The number of rotatable bonds is 11. The summed E-state index contributed by atoms with van der Waals surface area (Å²) in [7, 11) is 0. The van der Waals surface area contributed by atoms with Crippen LogP contribution < -0.4 is 5.32 Å².